The first kappa shape index (κ1) is 14.7. The third-order valence-electron chi connectivity index (χ3n) is 3.03. The largest absolute Gasteiger partial charge is 0.345 e. The highest BCUT2D eigenvalue weighted by molar-refractivity contribution is 7.09. The Morgan fingerprint density at radius 2 is 2.09 bits per heavy atom. The lowest BCUT2D eigenvalue weighted by Gasteiger charge is -2.04. The van der Waals surface area contributed by atoms with Gasteiger partial charge in [-0.2, -0.15) is 0 Å². The van der Waals surface area contributed by atoms with Gasteiger partial charge in [0.05, 0.1) is 22.8 Å². The van der Waals surface area contributed by atoms with Crippen molar-refractivity contribution in [2.75, 3.05) is 0 Å². The minimum absolute atomic E-state index is 0.205. The molecule has 0 aliphatic rings. The maximum Gasteiger partial charge on any atom is 0.253 e. The zero-order chi connectivity index (χ0) is 15.4. The van der Waals surface area contributed by atoms with Crippen LogP contribution in [0.2, 0.25) is 5.02 Å². The number of pyridine rings is 1. The van der Waals surface area contributed by atoms with E-state index in [4.69, 9.17) is 11.6 Å². The summed E-state index contributed by atoms with van der Waals surface area (Å²) in [5.41, 5.74) is 2.29. The molecule has 3 aromatic rings. The molecular formula is C16H12ClN3OS. The minimum Gasteiger partial charge on any atom is -0.345 e. The number of thiazole rings is 1. The van der Waals surface area contributed by atoms with Gasteiger partial charge in [-0.05, 0) is 24.3 Å². The average molecular weight is 330 g/mol. The highest BCUT2D eigenvalue weighted by Gasteiger charge is 2.10. The van der Waals surface area contributed by atoms with Gasteiger partial charge in [-0.1, -0.05) is 23.7 Å². The number of amides is 1. The van der Waals surface area contributed by atoms with E-state index in [0.29, 0.717) is 17.1 Å². The number of nitrogens with zero attached hydrogens (tertiary/aromatic N) is 2. The van der Waals surface area contributed by atoms with E-state index < -0.39 is 0 Å². The summed E-state index contributed by atoms with van der Waals surface area (Å²) in [5, 5.41) is 6.05. The van der Waals surface area contributed by atoms with Crippen molar-refractivity contribution in [3.8, 4) is 11.3 Å². The van der Waals surface area contributed by atoms with Crippen molar-refractivity contribution in [2.24, 2.45) is 0 Å². The zero-order valence-corrected chi connectivity index (χ0v) is 13.1. The van der Waals surface area contributed by atoms with Crippen molar-refractivity contribution in [2.45, 2.75) is 6.54 Å². The third-order valence-corrected chi connectivity index (χ3v) is 4.21. The van der Waals surface area contributed by atoms with Crippen LogP contribution in [-0.2, 0) is 6.54 Å². The summed E-state index contributed by atoms with van der Waals surface area (Å²) in [7, 11) is 0. The number of carbonyl (C=O) groups excluding carboxylic acids is 1. The predicted molar refractivity (Wildman–Crippen MR) is 88.0 cm³/mol. The number of aromatic nitrogens is 2. The minimum atomic E-state index is -0.205. The third kappa shape index (κ3) is 3.32. The Morgan fingerprint density at radius 1 is 1.23 bits per heavy atom. The summed E-state index contributed by atoms with van der Waals surface area (Å²) >= 11 is 7.50. The molecule has 22 heavy (non-hydrogen) atoms. The van der Waals surface area contributed by atoms with Crippen LogP contribution in [0.4, 0.5) is 0 Å². The van der Waals surface area contributed by atoms with Gasteiger partial charge in [0.1, 0.15) is 5.01 Å². The molecule has 0 saturated carbocycles. The van der Waals surface area contributed by atoms with Gasteiger partial charge in [0.15, 0.2) is 0 Å². The van der Waals surface area contributed by atoms with Gasteiger partial charge in [-0.3, -0.25) is 9.78 Å². The first-order valence-electron chi connectivity index (χ1n) is 6.61. The van der Waals surface area contributed by atoms with Gasteiger partial charge in [-0.25, -0.2) is 4.98 Å². The second-order valence-corrected chi connectivity index (χ2v) is 5.88. The van der Waals surface area contributed by atoms with E-state index in [9.17, 15) is 4.79 Å². The lowest BCUT2D eigenvalue weighted by molar-refractivity contribution is 0.0951. The van der Waals surface area contributed by atoms with Gasteiger partial charge in [0.25, 0.3) is 5.91 Å². The molecule has 2 aromatic heterocycles. The summed E-state index contributed by atoms with van der Waals surface area (Å²) in [6.45, 7) is 0.370. The van der Waals surface area contributed by atoms with Gasteiger partial charge < -0.3 is 5.32 Å². The number of hydrogen-bond donors (Lipinski definition) is 1. The maximum atomic E-state index is 12.1. The molecular weight excluding hydrogens is 318 g/mol. The molecule has 1 N–H and O–H groups in total. The molecule has 0 atom stereocenters. The molecule has 110 valence electrons. The molecule has 6 heteroatoms. The van der Waals surface area contributed by atoms with E-state index in [1.54, 1.807) is 36.7 Å². The number of hydrogen-bond acceptors (Lipinski definition) is 4. The van der Waals surface area contributed by atoms with Crippen molar-refractivity contribution in [3.05, 3.63) is 69.8 Å². The Labute approximate surface area is 136 Å². The van der Waals surface area contributed by atoms with Gasteiger partial charge in [-0.15, -0.1) is 11.3 Å². The monoisotopic (exact) mass is 329 g/mol. The van der Waals surface area contributed by atoms with E-state index >= 15 is 0 Å². The van der Waals surface area contributed by atoms with Crippen molar-refractivity contribution < 1.29 is 4.79 Å². The maximum absolute atomic E-state index is 12.1. The van der Waals surface area contributed by atoms with Crippen LogP contribution in [0.5, 0.6) is 0 Å². The lowest BCUT2D eigenvalue weighted by Crippen LogP contribution is -2.22. The topological polar surface area (TPSA) is 54.9 Å². The van der Waals surface area contributed by atoms with Crippen LogP contribution in [0.15, 0.2) is 54.2 Å². The van der Waals surface area contributed by atoms with E-state index in [1.165, 1.54) is 11.3 Å². The SMILES string of the molecule is O=C(NCc1nc(-c2cccnc2)cs1)c1ccccc1Cl. The van der Waals surface area contributed by atoms with Crippen LogP contribution in [0.3, 0.4) is 0 Å². The number of halogens is 1. The summed E-state index contributed by atoms with van der Waals surface area (Å²) in [6, 6.07) is 10.8. The van der Waals surface area contributed by atoms with Crippen LogP contribution in [0, 0.1) is 0 Å². The molecule has 0 spiro atoms. The number of carbonyl (C=O) groups is 1. The molecule has 0 fully saturated rings. The Balaban J connectivity index is 1.67. The quantitative estimate of drug-likeness (QED) is 0.792. The van der Waals surface area contributed by atoms with Crippen LogP contribution < -0.4 is 5.32 Å². The molecule has 2 heterocycles. The predicted octanol–water partition coefficient (Wildman–Crippen LogP) is 3.79. The molecule has 3 rings (SSSR count). The lowest BCUT2D eigenvalue weighted by atomic mass is 10.2. The van der Waals surface area contributed by atoms with Gasteiger partial charge in [0, 0.05) is 23.3 Å². The molecule has 0 unspecified atom stereocenters. The molecule has 0 bridgehead atoms. The molecule has 0 saturated heterocycles. The standard InChI is InChI=1S/C16H12ClN3OS/c17-13-6-2-1-5-12(13)16(21)19-9-15-20-14(10-22-15)11-4-3-7-18-8-11/h1-8,10H,9H2,(H,19,21). The Bertz CT molecular complexity index is 789. The zero-order valence-electron chi connectivity index (χ0n) is 11.5. The number of benzene rings is 1. The van der Waals surface area contributed by atoms with Crippen LogP contribution >= 0.6 is 22.9 Å². The van der Waals surface area contributed by atoms with Crippen LogP contribution in [0.1, 0.15) is 15.4 Å². The van der Waals surface area contributed by atoms with Crippen molar-refractivity contribution in [1.82, 2.24) is 15.3 Å². The molecule has 1 aromatic carbocycles. The van der Waals surface area contributed by atoms with E-state index in [2.05, 4.69) is 15.3 Å². The summed E-state index contributed by atoms with van der Waals surface area (Å²) in [6.07, 6.45) is 3.49. The van der Waals surface area contributed by atoms with Gasteiger partial charge in [0.2, 0.25) is 0 Å². The summed E-state index contributed by atoms with van der Waals surface area (Å²) in [5.74, 6) is -0.205. The fraction of sp³-hybridized carbons (Fsp3) is 0.0625. The Hall–Kier alpha value is -2.24. The number of nitrogens with one attached hydrogen (secondary N) is 1. The Kier molecular flexibility index (Phi) is 4.46. The van der Waals surface area contributed by atoms with Gasteiger partial charge >= 0.3 is 0 Å². The highest BCUT2D eigenvalue weighted by atomic mass is 35.5. The molecule has 0 radical (unpaired) electrons. The van der Waals surface area contributed by atoms with E-state index in [0.717, 1.165) is 16.3 Å². The molecule has 0 aliphatic heterocycles. The Morgan fingerprint density at radius 3 is 2.86 bits per heavy atom. The molecule has 1 amide bonds. The first-order valence-corrected chi connectivity index (χ1v) is 7.87. The van der Waals surface area contributed by atoms with E-state index in [1.807, 2.05) is 17.5 Å². The normalized spacial score (nSPS) is 10.4. The summed E-state index contributed by atoms with van der Waals surface area (Å²) in [4.78, 5) is 20.7. The van der Waals surface area contributed by atoms with Crippen LogP contribution in [-0.4, -0.2) is 15.9 Å². The second kappa shape index (κ2) is 6.68. The van der Waals surface area contributed by atoms with E-state index in [-0.39, 0.29) is 5.91 Å². The molecule has 0 aliphatic carbocycles. The van der Waals surface area contributed by atoms with Crippen molar-refractivity contribution >= 4 is 28.8 Å². The fourth-order valence-corrected chi connectivity index (χ4v) is 2.90. The number of rotatable bonds is 4. The first-order chi connectivity index (χ1) is 10.7. The fourth-order valence-electron chi connectivity index (χ4n) is 1.94. The van der Waals surface area contributed by atoms with Crippen molar-refractivity contribution in [3.63, 3.8) is 0 Å². The van der Waals surface area contributed by atoms with Crippen LogP contribution in [0.25, 0.3) is 11.3 Å². The summed E-state index contributed by atoms with van der Waals surface area (Å²) < 4.78 is 0. The van der Waals surface area contributed by atoms with Crippen molar-refractivity contribution in [1.29, 1.82) is 0 Å². The highest BCUT2D eigenvalue weighted by Crippen LogP contribution is 2.21. The second-order valence-electron chi connectivity index (χ2n) is 4.53. The smallest absolute Gasteiger partial charge is 0.253 e. The molecule has 4 nitrogen and oxygen atoms in total. The average Bonchev–Trinajstić information content (AvgIpc) is 3.03.